The Bertz CT molecular complexity index is 596. The third kappa shape index (κ3) is 2.87. The molecular formula is C12H15N5OS. The maximum atomic E-state index is 12.0. The van der Waals surface area contributed by atoms with Crippen molar-refractivity contribution in [1.82, 2.24) is 15.2 Å². The van der Waals surface area contributed by atoms with Crippen molar-refractivity contribution in [2.24, 2.45) is 0 Å². The fraction of sp³-hybridized carbons (Fsp3) is 0.333. The van der Waals surface area contributed by atoms with Crippen molar-refractivity contribution in [2.75, 3.05) is 11.1 Å². The van der Waals surface area contributed by atoms with Crippen molar-refractivity contribution in [1.29, 1.82) is 0 Å². The van der Waals surface area contributed by atoms with Crippen LogP contribution < -0.4 is 11.1 Å². The van der Waals surface area contributed by atoms with E-state index in [-0.39, 0.29) is 11.9 Å². The minimum absolute atomic E-state index is 0.215. The van der Waals surface area contributed by atoms with Gasteiger partial charge < -0.3 is 5.73 Å². The van der Waals surface area contributed by atoms with E-state index in [0.717, 1.165) is 24.2 Å². The number of aryl methyl sites for hydroxylation is 2. The number of carbonyl (C=O) groups is 1. The molecule has 0 fully saturated rings. The summed E-state index contributed by atoms with van der Waals surface area (Å²) in [5, 5.41) is 12.4. The Kier molecular flexibility index (Phi) is 4.06. The number of nitrogens with one attached hydrogen (secondary N) is 1. The van der Waals surface area contributed by atoms with E-state index in [4.69, 9.17) is 5.73 Å². The van der Waals surface area contributed by atoms with Crippen LogP contribution in [0.15, 0.2) is 11.4 Å². The van der Waals surface area contributed by atoms with E-state index in [0.29, 0.717) is 10.6 Å². The molecule has 2 heterocycles. The quantitative estimate of drug-likeness (QED) is 0.890. The molecule has 0 aliphatic heterocycles. The molecule has 0 radical (unpaired) electrons. The molecule has 0 unspecified atom stereocenters. The molecule has 0 spiro atoms. The smallest absolute Gasteiger partial charge is 0.270 e. The fourth-order valence-electron chi connectivity index (χ4n) is 1.65. The topological polar surface area (TPSA) is 93.8 Å². The first-order valence-corrected chi connectivity index (χ1v) is 6.90. The summed E-state index contributed by atoms with van der Waals surface area (Å²) in [5.74, 6) is -0.0903. The molecule has 0 saturated heterocycles. The highest BCUT2D eigenvalue weighted by molar-refractivity contribution is 7.12. The Hall–Kier alpha value is -2.02. The lowest BCUT2D eigenvalue weighted by Gasteiger charge is -2.06. The summed E-state index contributed by atoms with van der Waals surface area (Å²) < 4.78 is 0. The van der Waals surface area contributed by atoms with Gasteiger partial charge in [0.1, 0.15) is 4.88 Å². The summed E-state index contributed by atoms with van der Waals surface area (Å²) in [6.07, 6.45) is 1.53. The van der Waals surface area contributed by atoms with Crippen molar-refractivity contribution in [3.63, 3.8) is 0 Å². The molecule has 3 N–H and O–H groups in total. The van der Waals surface area contributed by atoms with E-state index < -0.39 is 0 Å². The van der Waals surface area contributed by atoms with Crippen molar-refractivity contribution in [3.05, 3.63) is 27.7 Å². The summed E-state index contributed by atoms with van der Waals surface area (Å²) in [5.41, 5.74) is 7.86. The van der Waals surface area contributed by atoms with Crippen molar-refractivity contribution in [3.8, 4) is 0 Å². The van der Waals surface area contributed by atoms with Gasteiger partial charge in [-0.3, -0.25) is 10.1 Å². The standard InChI is InChI=1S/C12H15N5OS/c1-3-8-9(4-2)16-17-12(14-8)15-11(18)10-7(13)5-6-19-10/h5-6H,3-4,13H2,1-2H3,(H,14,15,17,18). The lowest BCUT2D eigenvalue weighted by molar-refractivity contribution is 0.103. The maximum absolute atomic E-state index is 12.0. The van der Waals surface area contributed by atoms with Gasteiger partial charge in [0.05, 0.1) is 17.1 Å². The lowest BCUT2D eigenvalue weighted by atomic mass is 10.2. The number of hydrogen-bond donors (Lipinski definition) is 2. The number of aromatic nitrogens is 3. The average Bonchev–Trinajstić information content (AvgIpc) is 2.85. The third-order valence-corrected chi connectivity index (χ3v) is 3.57. The normalized spacial score (nSPS) is 10.4. The number of amides is 1. The highest BCUT2D eigenvalue weighted by atomic mass is 32.1. The molecule has 6 nitrogen and oxygen atoms in total. The van der Waals surface area contributed by atoms with Gasteiger partial charge in [0, 0.05) is 0 Å². The van der Waals surface area contributed by atoms with Gasteiger partial charge in [-0.2, -0.15) is 0 Å². The number of nitrogens with zero attached hydrogens (tertiary/aromatic N) is 3. The van der Waals surface area contributed by atoms with Crippen LogP contribution in [0.5, 0.6) is 0 Å². The van der Waals surface area contributed by atoms with Crippen molar-refractivity contribution >= 4 is 28.9 Å². The van der Waals surface area contributed by atoms with E-state index in [1.165, 1.54) is 11.3 Å². The number of nitrogens with two attached hydrogens (primary N) is 1. The Balaban J connectivity index is 2.20. The minimum Gasteiger partial charge on any atom is -0.397 e. The first-order valence-electron chi connectivity index (χ1n) is 6.02. The van der Waals surface area contributed by atoms with Gasteiger partial charge in [-0.05, 0) is 24.3 Å². The Morgan fingerprint density at radius 1 is 1.32 bits per heavy atom. The van der Waals surface area contributed by atoms with Crippen molar-refractivity contribution < 1.29 is 4.79 Å². The van der Waals surface area contributed by atoms with Crippen LogP contribution >= 0.6 is 11.3 Å². The van der Waals surface area contributed by atoms with Crippen LogP contribution in [0.25, 0.3) is 0 Å². The predicted octanol–water partition coefficient (Wildman–Crippen LogP) is 1.89. The summed E-state index contributed by atoms with van der Waals surface area (Å²) in [4.78, 5) is 16.7. The molecule has 0 bridgehead atoms. The van der Waals surface area contributed by atoms with E-state index in [2.05, 4.69) is 20.5 Å². The molecule has 1 amide bonds. The van der Waals surface area contributed by atoms with Crippen LogP contribution in [0, 0.1) is 0 Å². The molecule has 19 heavy (non-hydrogen) atoms. The second kappa shape index (κ2) is 5.75. The van der Waals surface area contributed by atoms with E-state index in [1.807, 2.05) is 13.8 Å². The maximum Gasteiger partial charge on any atom is 0.270 e. The van der Waals surface area contributed by atoms with Gasteiger partial charge in [0.15, 0.2) is 0 Å². The Labute approximate surface area is 115 Å². The first-order chi connectivity index (χ1) is 9.15. The van der Waals surface area contributed by atoms with Crippen LogP contribution in [0.3, 0.4) is 0 Å². The van der Waals surface area contributed by atoms with E-state index >= 15 is 0 Å². The van der Waals surface area contributed by atoms with Gasteiger partial charge in [0.25, 0.3) is 5.91 Å². The largest absolute Gasteiger partial charge is 0.397 e. The molecule has 100 valence electrons. The Morgan fingerprint density at radius 2 is 2.05 bits per heavy atom. The fourth-order valence-corrected chi connectivity index (χ4v) is 2.37. The highest BCUT2D eigenvalue weighted by Crippen LogP contribution is 2.19. The molecule has 0 saturated carbocycles. The number of rotatable bonds is 4. The summed E-state index contributed by atoms with van der Waals surface area (Å²) >= 11 is 1.28. The van der Waals surface area contributed by atoms with Gasteiger partial charge >= 0.3 is 0 Å². The van der Waals surface area contributed by atoms with E-state index in [9.17, 15) is 4.79 Å². The number of nitrogen functional groups attached to an aromatic ring is 1. The minimum atomic E-state index is -0.305. The summed E-state index contributed by atoms with van der Waals surface area (Å²) in [6.45, 7) is 3.99. The zero-order valence-corrected chi connectivity index (χ0v) is 11.6. The first kappa shape index (κ1) is 13.4. The van der Waals surface area contributed by atoms with Crippen LogP contribution in [0.2, 0.25) is 0 Å². The second-order valence-electron chi connectivity index (χ2n) is 3.90. The number of carbonyl (C=O) groups excluding carboxylic acids is 1. The predicted molar refractivity (Wildman–Crippen MR) is 75.3 cm³/mol. The number of hydrogen-bond acceptors (Lipinski definition) is 6. The molecule has 2 aromatic rings. The molecule has 0 atom stereocenters. The molecular weight excluding hydrogens is 262 g/mol. The third-order valence-electron chi connectivity index (χ3n) is 2.64. The Morgan fingerprint density at radius 3 is 2.63 bits per heavy atom. The molecule has 0 aliphatic carbocycles. The van der Waals surface area contributed by atoms with Gasteiger partial charge in [-0.25, -0.2) is 4.98 Å². The zero-order chi connectivity index (χ0) is 13.8. The van der Waals surface area contributed by atoms with Crippen LogP contribution in [0.1, 0.15) is 34.9 Å². The van der Waals surface area contributed by atoms with Crippen molar-refractivity contribution in [2.45, 2.75) is 26.7 Å². The van der Waals surface area contributed by atoms with Gasteiger partial charge in [-0.15, -0.1) is 21.5 Å². The molecule has 2 rings (SSSR count). The molecule has 0 aromatic carbocycles. The summed E-state index contributed by atoms with van der Waals surface area (Å²) in [6, 6.07) is 1.69. The molecule has 0 aliphatic rings. The lowest BCUT2D eigenvalue weighted by Crippen LogP contribution is -2.16. The monoisotopic (exact) mass is 277 g/mol. The van der Waals surface area contributed by atoms with Crippen LogP contribution in [-0.4, -0.2) is 21.1 Å². The van der Waals surface area contributed by atoms with Crippen LogP contribution in [-0.2, 0) is 12.8 Å². The van der Waals surface area contributed by atoms with Gasteiger partial charge in [-0.1, -0.05) is 13.8 Å². The summed E-state index contributed by atoms with van der Waals surface area (Å²) in [7, 11) is 0. The molecule has 7 heteroatoms. The number of thiophene rings is 1. The molecule has 2 aromatic heterocycles. The average molecular weight is 277 g/mol. The highest BCUT2D eigenvalue weighted by Gasteiger charge is 2.14. The SMILES string of the molecule is CCc1nnc(NC(=O)c2sccc2N)nc1CC. The van der Waals surface area contributed by atoms with E-state index in [1.54, 1.807) is 11.4 Å². The number of anilines is 2. The zero-order valence-electron chi connectivity index (χ0n) is 10.8. The second-order valence-corrected chi connectivity index (χ2v) is 4.81. The van der Waals surface area contributed by atoms with Gasteiger partial charge in [0.2, 0.25) is 5.95 Å². The van der Waals surface area contributed by atoms with Crippen LogP contribution in [0.4, 0.5) is 11.6 Å².